The third kappa shape index (κ3) is 2.35. The second-order valence-corrected chi connectivity index (χ2v) is 5.73. The predicted octanol–water partition coefficient (Wildman–Crippen LogP) is 2.52. The van der Waals surface area contributed by atoms with E-state index in [-0.39, 0.29) is 16.6 Å². The van der Waals surface area contributed by atoms with Gasteiger partial charge in [0.2, 0.25) is 0 Å². The maximum Gasteiger partial charge on any atom is 0.337 e. The van der Waals surface area contributed by atoms with E-state index in [1.807, 2.05) is 6.07 Å². The number of likely N-dealkylation sites (N-methyl/N-ethyl adjacent to an activating group) is 1. The Bertz CT molecular complexity index is 584. The van der Waals surface area contributed by atoms with Crippen LogP contribution in [0.1, 0.15) is 22.3 Å². The van der Waals surface area contributed by atoms with E-state index in [9.17, 15) is 4.79 Å². The zero-order chi connectivity index (χ0) is 14.3. The number of aromatic carboxylic acids is 1. The average Bonchev–Trinajstić information content (AvgIpc) is 2.38. The van der Waals surface area contributed by atoms with Gasteiger partial charge in [0.1, 0.15) is 0 Å². The molecule has 20 heavy (non-hydrogen) atoms. The second kappa shape index (κ2) is 5.20. The fourth-order valence-corrected chi connectivity index (χ4v) is 3.05. The first-order valence-electron chi connectivity index (χ1n) is 6.60. The van der Waals surface area contributed by atoms with Crippen molar-refractivity contribution in [2.24, 2.45) is 0 Å². The van der Waals surface area contributed by atoms with Crippen molar-refractivity contribution in [1.29, 1.82) is 0 Å². The lowest BCUT2D eigenvalue weighted by atomic mass is 9.89. The monoisotopic (exact) mass is 293 g/mol. The Balaban J connectivity index is 1.97. The number of ether oxygens (including phenoxy) is 1. The third-order valence-corrected chi connectivity index (χ3v) is 4.44. The van der Waals surface area contributed by atoms with Gasteiger partial charge in [-0.15, -0.1) is 0 Å². The first-order chi connectivity index (χ1) is 9.56. The highest BCUT2D eigenvalue weighted by atomic mass is 35.5. The number of nitrogens with zero attached hydrogens (tertiary/aromatic N) is 1. The van der Waals surface area contributed by atoms with Gasteiger partial charge in [0.15, 0.2) is 0 Å². The number of hydrogen-bond acceptors (Lipinski definition) is 3. The van der Waals surface area contributed by atoms with Crippen LogP contribution in [0.3, 0.4) is 0 Å². The number of carboxylic acids is 1. The van der Waals surface area contributed by atoms with Crippen LogP contribution in [-0.4, -0.2) is 48.3 Å². The minimum atomic E-state index is -0.992. The number of morpholine rings is 1. The molecule has 2 unspecified atom stereocenters. The molecule has 3 rings (SSSR count). The van der Waals surface area contributed by atoms with Crippen molar-refractivity contribution in [2.75, 3.05) is 20.3 Å². The van der Waals surface area contributed by atoms with E-state index in [0.717, 1.165) is 18.6 Å². The Labute approximate surface area is 122 Å². The van der Waals surface area contributed by atoms with Gasteiger partial charge < -0.3 is 9.84 Å². The van der Waals surface area contributed by atoms with Crippen LogP contribution in [0.15, 0.2) is 24.3 Å². The molecule has 2 aliphatic heterocycles. The lowest BCUT2D eigenvalue weighted by Crippen LogP contribution is -2.51. The molecule has 2 bridgehead atoms. The Morgan fingerprint density at radius 3 is 2.95 bits per heavy atom. The third-order valence-electron chi connectivity index (χ3n) is 4.11. The molecular formula is C15H16ClNO3. The fraction of sp³-hybridized carbons (Fsp3) is 0.400. The maximum absolute atomic E-state index is 11.2. The molecule has 106 valence electrons. The number of hydrogen-bond donors (Lipinski definition) is 1. The standard InChI is InChI=1S/C15H16ClNO3/c1-17-11-4-10(5-12(17)8-20-7-11)9-2-3-14(16)13(6-9)15(18)19/h2-4,6,11-12H,5,7-8H2,1H3,(H,18,19). The normalized spacial score (nSPS) is 26.2. The number of carbonyl (C=O) groups is 1. The summed E-state index contributed by atoms with van der Waals surface area (Å²) < 4.78 is 5.57. The fourth-order valence-electron chi connectivity index (χ4n) is 2.86. The van der Waals surface area contributed by atoms with Gasteiger partial charge in [-0.2, -0.15) is 0 Å². The van der Waals surface area contributed by atoms with Gasteiger partial charge in [0.25, 0.3) is 0 Å². The van der Waals surface area contributed by atoms with E-state index in [1.165, 1.54) is 5.57 Å². The van der Waals surface area contributed by atoms with Crippen molar-refractivity contribution >= 4 is 23.1 Å². The Kier molecular flexibility index (Phi) is 3.54. The maximum atomic E-state index is 11.2. The molecule has 1 saturated heterocycles. The van der Waals surface area contributed by atoms with Crippen LogP contribution in [0.5, 0.6) is 0 Å². The summed E-state index contributed by atoms with van der Waals surface area (Å²) in [7, 11) is 2.11. The molecule has 2 aliphatic rings. The molecule has 1 fully saturated rings. The van der Waals surface area contributed by atoms with E-state index in [0.29, 0.717) is 12.6 Å². The van der Waals surface area contributed by atoms with E-state index in [2.05, 4.69) is 18.0 Å². The SMILES string of the molecule is CN1C2C=C(c3ccc(Cl)c(C(=O)O)c3)CC1COC2. The number of benzene rings is 1. The van der Waals surface area contributed by atoms with Crippen LogP contribution in [0.2, 0.25) is 5.02 Å². The van der Waals surface area contributed by atoms with Crippen LogP contribution >= 0.6 is 11.6 Å². The van der Waals surface area contributed by atoms with Gasteiger partial charge in [0.05, 0.1) is 29.8 Å². The first-order valence-corrected chi connectivity index (χ1v) is 6.97. The summed E-state index contributed by atoms with van der Waals surface area (Å²) in [4.78, 5) is 13.5. The molecule has 0 radical (unpaired) electrons. The summed E-state index contributed by atoms with van der Waals surface area (Å²) in [6.45, 7) is 1.42. The van der Waals surface area contributed by atoms with Crippen molar-refractivity contribution in [3.05, 3.63) is 40.4 Å². The van der Waals surface area contributed by atoms with Gasteiger partial charge >= 0.3 is 5.97 Å². The summed E-state index contributed by atoms with van der Waals surface area (Å²) in [6.07, 6.45) is 3.04. The van der Waals surface area contributed by atoms with Crippen molar-refractivity contribution in [3.63, 3.8) is 0 Å². The highest BCUT2D eigenvalue weighted by Crippen LogP contribution is 2.32. The van der Waals surface area contributed by atoms with E-state index in [1.54, 1.807) is 12.1 Å². The molecule has 0 amide bonds. The number of fused-ring (bicyclic) bond motifs is 2. The van der Waals surface area contributed by atoms with Crippen LogP contribution in [0.25, 0.3) is 5.57 Å². The van der Waals surface area contributed by atoms with Crippen molar-refractivity contribution in [2.45, 2.75) is 18.5 Å². The summed E-state index contributed by atoms with van der Waals surface area (Å²) in [5.74, 6) is -0.992. The molecular weight excluding hydrogens is 278 g/mol. The lowest BCUT2D eigenvalue weighted by molar-refractivity contribution is -0.0221. The van der Waals surface area contributed by atoms with Gasteiger partial charge in [-0.3, -0.25) is 4.90 Å². The van der Waals surface area contributed by atoms with Crippen molar-refractivity contribution in [1.82, 2.24) is 4.90 Å². The zero-order valence-corrected chi connectivity index (χ0v) is 11.9. The van der Waals surface area contributed by atoms with E-state index < -0.39 is 5.97 Å². The summed E-state index contributed by atoms with van der Waals surface area (Å²) in [5.41, 5.74) is 2.28. The molecule has 0 saturated carbocycles. The number of rotatable bonds is 2. The van der Waals surface area contributed by atoms with Gasteiger partial charge in [-0.05, 0) is 36.7 Å². The van der Waals surface area contributed by atoms with Crippen LogP contribution in [-0.2, 0) is 4.74 Å². The minimum Gasteiger partial charge on any atom is -0.478 e. The molecule has 0 aromatic heterocycles. The smallest absolute Gasteiger partial charge is 0.337 e. The Morgan fingerprint density at radius 2 is 2.25 bits per heavy atom. The Hall–Kier alpha value is -1.36. The molecule has 1 aromatic carbocycles. The molecule has 4 nitrogen and oxygen atoms in total. The molecule has 1 N–H and O–H groups in total. The summed E-state index contributed by atoms with van der Waals surface area (Å²) in [5, 5.41) is 9.44. The molecule has 1 aromatic rings. The highest BCUT2D eigenvalue weighted by molar-refractivity contribution is 6.33. The minimum absolute atomic E-state index is 0.158. The van der Waals surface area contributed by atoms with Gasteiger partial charge in [-0.1, -0.05) is 23.7 Å². The molecule has 5 heteroatoms. The summed E-state index contributed by atoms with van der Waals surface area (Å²) in [6, 6.07) is 5.84. The highest BCUT2D eigenvalue weighted by Gasteiger charge is 2.32. The predicted molar refractivity (Wildman–Crippen MR) is 77.2 cm³/mol. The molecule has 2 atom stereocenters. The van der Waals surface area contributed by atoms with Crippen molar-refractivity contribution < 1.29 is 14.6 Å². The first kappa shape index (κ1) is 13.6. The molecule has 0 spiro atoms. The largest absolute Gasteiger partial charge is 0.478 e. The quantitative estimate of drug-likeness (QED) is 0.910. The molecule has 0 aliphatic carbocycles. The van der Waals surface area contributed by atoms with Crippen LogP contribution in [0, 0.1) is 0 Å². The van der Waals surface area contributed by atoms with E-state index in [4.69, 9.17) is 21.4 Å². The van der Waals surface area contributed by atoms with Crippen LogP contribution in [0.4, 0.5) is 0 Å². The van der Waals surface area contributed by atoms with Crippen LogP contribution < -0.4 is 0 Å². The van der Waals surface area contributed by atoms with E-state index >= 15 is 0 Å². The Morgan fingerprint density at radius 1 is 1.45 bits per heavy atom. The van der Waals surface area contributed by atoms with Gasteiger partial charge in [-0.25, -0.2) is 4.79 Å². The van der Waals surface area contributed by atoms with Gasteiger partial charge in [0, 0.05) is 6.04 Å². The zero-order valence-electron chi connectivity index (χ0n) is 11.2. The van der Waals surface area contributed by atoms with Crippen molar-refractivity contribution in [3.8, 4) is 0 Å². The topological polar surface area (TPSA) is 49.8 Å². The number of carboxylic acid groups (broad SMARTS) is 1. The second-order valence-electron chi connectivity index (χ2n) is 5.32. The molecule has 2 heterocycles. The number of halogens is 1. The summed E-state index contributed by atoms with van der Waals surface area (Å²) >= 11 is 5.92. The average molecular weight is 294 g/mol. The lowest BCUT2D eigenvalue weighted by Gasteiger charge is -2.42.